The van der Waals surface area contributed by atoms with Gasteiger partial charge in [-0.05, 0) is 30.2 Å². The minimum absolute atomic E-state index is 0.0279. The van der Waals surface area contributed by atoms with E-state index in [1.165, 1.54) is 0 Å². The fraction of sp³-hybridized carbons (Fsp3) is 0.370. The number of aliphatic hydroxyl groups excluding tert-OH is 1. The van der Waals surface area contributed by atoms with Gasteiger partial charge in [0.25, 0.3) is 5.91 Å². The van der Waals surface area contributed by atoms with Crippen molar-refractivity contribution in [2.75, 3.05) is 29.9 Å². The average Bonchev–Trinajstić information content (AvgIpc) is 3.40. The highest BCUT2D eigenvalue weighted by atomic mass is 16.3. The van der Waals surface area contributed by atoms with Gasteiger partial charge in [0.05, 0.1) is 6.61 Å². The van der Waals surface area contributed by atoms with Crippen LogP contribution in [0.3, 0.4) is 0 Å². The lowest BCUT2D eigenvalue weighted by atomic mass is 9.82. The van der Waals surface area contributed by atoms with Gasteiger partial charge in [0.15, 0.2) is 5.60 Å². The maximum absolute atomic E-state index is 12.8. The summed E-state index contributed by atoms with van der Waals surface area (Å²) in [6.45, 7) is 2.80. The molecule has 2 aromatic carbocycles. The highest BCUT2D eigenvalue weighted by Crippen LogP contribution is 2.43. The lowest BCUT2D eigenvalue weighted by Gasteiger charge is -2.27. The molecule has 4 rings (SSSR count). The summed E-state index contributed by atoms with van der Waals surface area (Å²) in [5, 5.41) is 23.6. The number of carbonyl (C=O) groups is 3. The quantitative estimate of drug-likeness (QED) is 0.481. The molecule has 0 bridgehead atoms. The number of amides is 3. The van der Waals surface area contributed by atoms with Gasteiger partial charge in [-0.3, -0.25) is 14.4 Å². The summed E-state index contributed by atoms with van der Waals surface area (Å²) in [4.78, 5) is 41.0. The fourth-order valence-electron chi connectivity index (χ4n) is 4.70. The van der Waals surface area contributed by atoms with E-state index in [2.05, 4.69) is 5.32 Å². The van der Waals surface area contributed by atoms with Gasteiger partial charge in [-0.2, -0.15) is 0 Å². The van der Waals surface area contributed by atoms with Crippen LogP contribution in [0.1, 0.15) is 37.3 Å². The van der Waals surface area contributed by atoms with Gasteiger partial charge in [0.2, 0.25) is 11.8 Å². The van der Waals surface area contributed by atoms with Crippen molar-refractivity contribution in [3.63, 3.8) is 0 Å². The Balaban J connectivity index is 1.47. The molecule has 3 amide bonds. The number of nitrogens with zero attached hydrogens (tertiary/aromatic N) is 2. The normalized spacial score (nSPS) is 20.3. The number of carbonyl (C=O) groups excluding carboxylic acids is 3. The van der Waals surface area contributed by atoms with Crippen molar-refractivity contribution in [3.8, 4) is 0 Å². The molecule has 35 heavy (non-hydrogen) atoms. The van der Waals surface area contributed by atoms with Crippen molar-refractivity contribution in [1.29, 1.82) is 0 Å². The number of aliphatic hydroxyl groups is 2. The molecule has 184 valence electrons. The van der Waals surface area contributed by atoms with E-state index in [1.54, 1.807) is 47.1 Å². The van der Waals surface area contributed by atoms with Crippen LogP contribution in [-0.2, 0) is 26.5 Å². The van der Waals surface area contributed by atoms with E-state index in [9.17, 15) is 24.6 Å². The third kappa shape index (κ3) is 4.99. The summed E-state index contributed by atoms with van der Waals surface area (Å²) in [6.07, 6.45) is 4.66. The monoisotopic (exact) mass is 477 g/mol. The van der Waals surface area contributed by atoms with E-state index in [4.69, 9.17) is 0 Å². The van der Waals surface area contributed by atoms with Crippen LogP contribution in [0.2, 0.25) is 0 Å². The number of nitrogens with one attached hydrogen (secondary N) is 1. The molecule has 0 spiro atoms. The number of anilines is 2. The molecule has 1 fully saturated rings. The minimum Gasteiger partial charge on any atom is -0.395 e. The zero-order valence-electron chi connectivity index (χ0n) is 19.8. The Hall–Kier alpha value is -3.49. The van der Waals surface area contributed by atoms with E-state index in [0.717, 1.165) is 12.0 Å². The number of fused-ring (bicyclic) bond motifs is 1. The molecule has 1 saturated heterocycles. The zero-order valence-corrected chi connectivity index (χ0v) is 19.8. The lowest BCUT2D eigenvalue weighted by Crippen LogP contribution is -2.40. The van der Waals surface area contributed by atoms with Crippen LogP contribution in [0, 0.1) is 5.92 Å². The molecule has 2 atom stereocenters. The smallest absolute Gasteiger partial charge is 0.261 e. The van der Waals surface area contributed by atoms with E-state index in [-0.39, 0.29) is 31.4 Å². The molecule has 0 saturated carbocycles. The Labute approximate surface area is 204 Å². The minimum atomic E-state index is -1.82. The third-order valence-corrected chi connectivity index (χ3v) is 6.71. The molecule has 2 aromatic rings. The molecule has 8 nitrogen and oxygen atoms in total. The van der Waals surface area contributed by atoms with Crippen LogP contribution in [0.25, 0.3) is 0 Å². The third-order valence-electron chi connectivity index (χ3n) is 6.71. The van der Waals surface area contributed by atoms with Crippen molar-refractivity contribution in [3.05, 3.63) is 71.8 Å². The molecule has 0 aliphatic carbocycles. The Morgan fingerprint density at radius 1 is 1.23 bits per heavy atom. The Morgan fingerprint density at radius 2 is 2.00 bits per heavy atom. The van der Waals surface area contributed by atoms with E-state index in [1.807, 2.05) is 30.3 Å². The van der Waals surface area contributed by atoms with E-state index >= 15 is 0 Å². The van der Waals surface area contributed by atoms with Crippen molar-refractivity contribution in [2.45, 2.75) is 38.3 Å². The van der Waals surface area contributed by atoms with Crippen molar-refractivity contribution >= 4 is 29.1 Å². The Morgan fingerprint density at radius 3 is 2.69 bits per heavy atom. The summed E-state index contributed by atoms with van der Waals surface area (Å²) in [5.74, 6) is -1.29. The van der Waals surface area contributed by atoms with Crippen LogP contribution >= 0.6 is 0 Å². The predicted molar refractivity (Wildman–Crippen MR) is 132 cm³/mol. The van der Waals surface area contributed by atoms with Crippen molar-refractivity contribution in [2.24, 2.45) is 5.92 Å². The van der Waals surface area contributed by atoms with Gasteiger partial charge < -0.3 is 25.3 Å². The summed E-state index contributed by atoms with van der Waals surface area (Å²) >= 11 is 0. The van der Waals surface area contributed by atoms with E-state index < -0.39 is 17.4 Å². The standard InChI is InChI=1S/C27H31N3O5/c1-19(7-5-10-24(32)29(15-16-31)18-20-8-3-2-4-9-20)27(35)22-17-21(30-14-6-11-25(30)33)12-13-23(22)28-26(27)34/h2-5,7-9,12-13,17,19,31,35H,6,10-11,14-16,18H2,1H3,(H,28,34)/b7-5+/t19-,27+/m1/s1. The molecule has 2 aliphatic heterocycles. The van der Waals surface area contributed by atoms with Gasteiger partial charge in [0, 0.05) is 55.3 Å². The maximum Gasteiger partial charge on any atom is 0.261 e. The second-order valence-electron chi connectivity index (χ2n) is 9.04. The number of hydrogen-bond donors (Lipinski definition) is 3. The van der Waals surface area contributed by atoms with Gasteiger partial charge in [0.1, 0.15) is 0 Å². The lowest BCUT2D eigenvalue weighted by molar-refractivity contribution is -0.137. The van der Waals surface area contributed by atoms with Gasteiger partial charge >= 0.3 is 0 Å². The van der Waals surface area contributed by atoms with Crippen LogP contribution in [0.4, 0.5) is 11.4 Å². The fourth-order valence-corrected chi connectivity index (χ4v) is 4.70. The molecule has 3 N–H and O–H groups in total. The van der Waals surface area contributed by atoms with Gasteiger partial charge in [-0.1, -0.05) is 49.4 Å². The second kappa shape index (κ2) is 10.4. The zero-order chi connectivity index (χ0) is 25.0. The van der Waals surface area contributed by atoms with Crippen LogP contribution in [0.5, 0.6) is 0 Å². The average molecular weight is 478 g/mol. The number of rotatable bonds is 9. The molecular weight excluding hydrogens is 446 g/mol. The molecule has 0 aromatic heterocycles. The van der Waals surface area contributed by atoms with Gasteiger partial charge in [-0.25, -0.2) is 0 Å². The Bertz CT molecular complexity index is 1130. The molecular formula is C27H31N3O5. The van der Waals surface area contributed by atoms with Crippen molar-refractivity contribution in [1.82, 2.24) is 4.90 Å². The second-order valence-corrected chi connectivity index (χ2v) is 9.04. The van der Waals surface area contributed by atoms with Crippen LogP contribution in [-0.4, -0.2) is 52.5 Å². The number of hydrogen-bond acceptors (Lipinski definition) is 5. The van der Waals surface area contributed by atoms with Crippen molar-refractivity contribution < 1.29 is 24.6 Å². The van der Waals surface area contributed by atoms with Gasteiger partial charge in [-0.15, -0.1) is 0 Å². The Kier molecular flexibility index (Phi) is 7.33. The summed E-state index contributed by atoms with van der Waals surface area (Å²) < 4.78 is 0. The summed E-state index contributed by atoms with van der Waals surface area (Å²) in [7, 11) is 0. The van der Waals surface area contributed by atoms with Crippen LogP contribution < -0.4 is 10.2 Å². The maximum atomic E-state index is 12.8. The predicted octanol–water partition coefficient (Wildman–Crippen LogP) is 2.56. The largest absolute Gasteiger partial charge is 0.395 e. The highest BCUT2D eigenvalue weighted by molar-refractivity contribution is 6.06. The molecule has 2 aliphatic rings. The SMILES string of the molecule is C[C@H](/C=C/CC(=O)N(CCO)Cc1ccccc1)[C@@]1(O)C(=O)Nc2ccc(N3CCCC3=O)cc21. The van der Waals surface area contributed by atoms with E-state index in [0.29, 0.717) is 36.4 Å². The first-order chi connectivity index (χ1) is 16.8. The summed E-state index contributed by atoms with van der Waals surface area (Å²) in [5.41, 5.74) is 0.749. The first-order valence-corrected chi connectivity index (χ1v) is 11.9. The first kappa shape index (κ1) is 24.6. The number of benzene rings is 2. The molecule has 2 heterocycles. The molecule has 8 heteroatoms. The highest BCUT2D eigenvalue weighted by Gasteiger charge is 2.49. The first-order valence-electron chi connectivity index (χ1n) is 11.9. The van der Waals surface area contributed by atoms with Crippen LogP contribution in [0.15, 0.2) is 60.7 Å². The summed E-state index contributed by atoms with van der Waals surface area (Å²) in [6, 6.07) is 14.7. The molecule has 0 unspecified atom stereocenters. The molecule has 0 radical (unpaired) electrons. The topological polar surface area (TPSA) is 110 Å².